The number of primary amides is 1. The maximum Gasteiger partial charge on any atom is 0.416 e. The van der Waals surface area contributed by atoms with E-state index in [1.807, 2.05) is 0 Å². The molecule has 4 aromatic rings. The van der Waals surface area contributed by atoms with Crippen LogP contribution in [-0.2, 0) is 13.2 Å². The maximum absolute atomic E-state index is 15.8. The molecule has 3 N–H and O–H groups in total. The van der Waals surface area contributed by atoms with Crippen LogP contribution in [0.25, 0.3) is 22.0 Å². The number of rotatable bonds is 4. The quantitative estimate of drug-likeness (QED) is 0.239. The number of carbonyl (C=O) groups excluding carboxylic acids is 2. The number of aryl methyl sites for hydroxylation is 1. The normalized spacial score (nSPS) is 19.6. The molecule has 0 radical (unpaired) electrons. The van der Waals surface area contributed by atoms with Crippen molar-refractivity contribution < 1.29 is 40.3 Å². The number of halogens is 8. The van der Waals surface area contributed by atoms with Gasteiger partial charge in [0, 0.05) is 58.6 Å². The second-order valence-corrected chi connectivity index (χ2v) is 11.1. The third-order valence-electron chi connectivity index (χ3n) is 8.02. The molecule has 2 atom stereocenters. The number of carbonyl (C=O) groups is 2. The molecule has 1 fully saturated rings. The van der Waals surface area contributed by atoms with Gasteiger partial charge in [-0.15, -0.1) is 0 Å². The summed E-state index contributed by atoms with van der Waals surface area (Å²) in [5.74, 6) is -8.05. The van der Waals surface area contributed by atoms with Crippen molar-refractivity contribution in [3.63, 3.8) is 0 Å². The summed E-state index contributed by atoms with van der Waals surface area (Å²) >= 11 is 6.35. The van der Waals surface area contributed by atoms with Crippen molar-refractivity contribution in [1.29, 1.82) is 0 Å². The third kappa shape index (κ3) is 4.70. The van der Waals surface area contributed by atoms with E-state index in [1.54, 1.807) is 0 Å². The van der Waals surface area contributed by atoms with Crippen molar-refractivity contribution >= 4 is 34.3 Å². The predicted molar refractivity (Wildman–Crippen MR) is 142 cm³/mol. The van der Waals surface area contributed by atoms with E-state index in [-0.39, 0.29) is 50.7 Å². The lowest BCUT2D eigenvalue weighted by Gasteiger charge is -2.20. The molecule has 0 saturated heterocycles. The van der Waals surface area contributed by atoms with Crippen LogP contribution in [-0.4, -0.2) is 27.5 Å². The smallest absolute Gasteiger partial charge is 0.366 e. The van der Waals surface area contributed by atoms with E-state index < -0.39 is 77.0 Å². The summed E-state index contributed by atoms with van der Waals surface area (Å²) in [5, 5.41) is 7.23. The Hall–Kier alpha value is -4.13. The van der Waals surface area contributed by atoms with Gasteiger partial charge in [-0.3, -0.25) is 14.3 Å². The molecule has 6 nitrogen and oxygen atoms in total. The van der Waals surface area contributed by atoms with Crippen molar-refractivity contribution in [3.05, 3.63) is 86.6 Å². The lowest BCUT2D eigenvalue weighted by atomic mass is 9.85. The summed E-state index contributed by atoms with van der Waals surface area (Å²) in [6.07, 6.45) is -5.89. The van der Waals surface area contributed by atoms with E-state index in [9.17, 15) is 35.9 Å². The number of aromatic nitrogens is 2. The first-order valence-electron chi connectivity index (χ1n) is 13.0. The molecule has 2 heterocycles. The van der Waals surface area contributed by atoms with E-state index in [2.05, 4.69) is 10.4 Å². The van der Waals surface area contributed by atoms with Crippen LogP contribution in [0, 0.1) is 11.6 Å². The monoisotopic (exact) mass is 624 g/mol. The van der Waals surface area contributed by atoms with Crippen LogP contribution in [0.1, 0.15) is 74.3 Å². The van der Waals surface area contributed by atoms with Crippen molar-refractivity contribution in [2.75, 3.05) is 0 Å². The molecule has 224 valence electrons. The molecule has 0 bridgehead atoms. The van der Waals surface area contributed by atoms with Gasteiger partial charge in [-0.1, -0.05) is 11.6 Å². The second kappa shape index (κ2) is 9.69. The molecule has 6 rings (SSSR count). The second-order valence-electron chi connectivity index (χ2n) is 10.7. The molecule has 2 unspecified atom stereocenters. The van der Waals surface area contributed by atoms with Gasteiger partial charge < -0.3 is 11.1 Å². The van der Waals surface area contributed by atoms with Gasteiger partial charge in [-0.25, -0.2) is 17.6 Å². The van der Waals surface area contributed by atoms with Gasteiger partial charge in [0.05, 0.1) is 22.7 Å². The van der Waals surface area contributed by atoms with E-state index in [0.29, 0.717) is 11.8 Å². The Morgan fingerprint density at radius 1 is 1.14 bits per heavy atom. The Balaban J connectivity index is 1.73. The molecule has 43 heavy (non-hydrogen) atoms. The minimum Gasteiger partial charge on any atom is -0.366 e. The average molecular weight is 625 g/mol. The van der Waals surface area contributed by atoms with Crippen molar-refractivity contribution in [2.24, 2.45) is 12.8 Å². The van der Waals surface area contributed by atoms with Crippen molar-refractivity contribution in [1.82, 2.24) is 15.1 Å². The summed E-state index contributed by atoms with van der Waals surface area (Å²) in [6.45, 7) is 0. The first-order valence-corrected chi connectivity index (χ1v) is 13.3. The zero-order valence-corrected chi connectivity index (χ0v) is 22.8. The molecule has 14 heteroatoms. The molecular weight excluding hydrogens is 605 g/mol. The molecule has 1 saturated carbocycles. The van der Waals surface area contributed by atoms with Gasteiger partial charge in [0.15, 0.2) is 0 Å². The Kier molecular flexibility index (Phi) is 6.53. The molecule has 2 amide bonds. The topological polar surface area (TPSA) is 90.0 Å². The lowest BCUT2D eigenvalue weighted by molar-refractivity contribution is -0.137. The standard InChI is InChI=1S/C29H20ClF7N4O2/c1-41-25(11-4-5-28(33,34)10-11)17-9-15(20-16(26(38)42)6-12(7-19(20)32)29(35,36)37)21-22(24(17)40-41)27(43)39-23(21)14-8-13(31)2-3-18(14)30/h2-3,6-9,11,23H,4-5,10H2,1H3,(H2,38,42)(H,39,43). The number of nitrogens with one attached hydrogen (secondary N) is 1. The van der Waals surface area contributed by atoms with E-state index in [4.69, 9.17) is 17.3 Å². The molecular formula is C29H20ClF7N4O2. The first-order chi connectivity index (χ1) is 20.1. The highest BCUT2D eigenvalue weighted by Crippen LogP contribution is 2.50. The van der Waals surface area contributed by atoms with Gasteiger partial charge in [0.2, 0.25) is 11.8 Å². The average Bonchev–Trinajstić information content (AvgIpc) is 3.55. The molecule has 0 spiro atoms. The zero-order chi connectivity index (χ0) is 31.2. The number of amides is 2. The SMILES string of the molecule is Cn1nc2c3c(c(-c4c(F)cc(C(F)(F)F)cc4C(N)=O)cc2c1C1CCC(F)(F)C1)C(c1cc(F)ccc1Cl)NC3=O. The highest BCUT2D eigenvalue weighted by molar-refractivity contribution is 6.31. The van der Waals surface area contributed by atoms with Crippen LogP contribution in [0.3, 0.4) is 0 Å². The van der Waals surface area contributed by atoms with Gasteiger partial charge in [0.1, 0.15) is 17.2 Å². The molecule has 2 aliphatic rings. The highest BCUT2D eigenvalue weighted by atomic mass is 35.5. The number of alkyl halides is 5. The largest absolute Gasteiger partial charge is 0.416 e. The maximum atomic E-state index is 15.8. The van der Waals surface area contributed by atoms with Crippen LogP contribution in [0.5, 0.6) is 0 Å². The van der Waals surface area contributed by atoms with Crippen LogP contribution in [0.15, 0.2) is 36.4 Å². The molecule has 1 aliphatic carbocycles. The predicted octanol–water partition coefficient (Wildman–Crippen LogP) is 7.03. The number of benzene rings is 3. The third-order valence-corrected chi connectivity index (χ3v) is 8.36. The summed E-state index contributed by atoms with van der Waals surface area (Å²) in [4.78, 5) is 26.0. The number of nitrogens with two attached hydrogens (primary N) is 1. The van der Waals surface area contributed by atoms with Crippen LogP contribution < -0.4 is 11.1 Å². The summed E-state index contributed by atoms with van der Waals surface area (Å²) in [7, 11) is 1.49. The van der Waals surface area contributed by atoms with Gasteiger partial charge in [-0.05, 0) is 48.4 Å². The van der Waals surface area contributed by atoms with E-state index in [0.717, 1.165) is 12.1 Å². The van der Waals surface area contributed by atoms with Gasteiger partial charge in [-0.2, -0.15) is 18.3 Å². The first kappa shape index (κ1) is 29.0. The fraction of sp³-hybridized carbons (Fsp3) is 0.276. The number of nitrogens with zero attached hydrogens (tertiary/aromatic N) is 2. The Labute approximate surface area is 243 Å². The minimum atomic E-state index is -5.03. The number of hydrogen-bond donors (Lipinski definition) is 2. The van der Waals surface area contributed by atoms with Gasteiger partial charge in [0.25, 0.3) is 5.91 Å². The summed E-state index contributed by atoms with van der Waals surface area (Å²) in [5.41, 5.74) is 2.42. The molecule has 3 aromatic carbocycles. The van der Waals surface area contributed by atoms with Crippen molar-refractivity contribution in [3.8, 4) is 11.1 Å². The molecule has 1 aromatic heterocycles. The Morgan fingerprint density at radius 2 is 1.86 bits per heavy atom. The van der Waals surface area contributed by atoms with E-state index in [1.165, 1.54) is 23.9 Å². The summed E-state index contributed by atoms with van der Waals surface area (Å²) < 4.78 is 101. The molecule has 1 aliphatic heterocycles. The Morgan fingerprint density at radius 3 is 2.49 bits per heavy atom. The van der Waals surface area contributed by atoms with E-state index >= 15 is 4.39 Å². The zero-order valence-electron chi connectivity index (χ0n) is 22.1. The fourth-order valence-corrected chi connectivity index (χ4v) is 6.48. The highest BCUT2D eigenvalue weighted by Gasteiger charge is 2.44. The lowest BCUT2D eigenvalue weighted by Crippen LogP contribution is -2.21. The van der Waals surface area contributed by atoms with Crippen LogP contribution >= 0.6 is 11.6 Å². The van der Waals surface area contributed by atoms with Crippen molar-refractivity contribution in [2.45, 2.75) is 43.3 Å². The fourth-order valence-electron chi connectivity index (χ4n) is 6.25. The summed E-state index contributed by atoms with van der Waals surface area (Å²) in [6, 6.07) is 3.94. The van der Waals surface area contributed by atoms with Gasteiger partial charge >= 0.3 is 6.18 Å². The number of fused-ring (bicyclic) bond motifs is 3. The Bertz CT molecular complexity index is 1870. The van der Waals surface area contributed by atoms with Crippen LogP contribution in [0.4, 0.5) is 30.7 Å². The van der Waals surface area contributed by atoms with Crippen LogP contribution in [0.2, 0.25) is 5.02 Å². The minimum absolute atomic E-state index is 0.00325. The number of hydrogen-bond acceptors (Lipinski definition) is 3.